The molecule has 0 radical (unpaired) electrons. The van der Waals surface area contributed by atoms with Gasteiger partial charge in [0, 0.05) is 29.7 Å². The number of pyridine rings is 1. The van der Waals surface area contributed by atoms with Crippen LogP contribution < -0.4 is 10.1 Å². The summed E-state index contributed by atoms with van der Waals surface area (Å²) in [6.07, 6.45) is 3.09. The first-order chi connectivity index (χ1) is 10.4. The van der Waals surface area contributed by atoms with Crippen LogP contribution in [-0.4, -0.2) is 23.6 Å². The Labute approximate surface area is 124 Å². The van der Waals surface area contributed by atoms with Crippen LogP contribution in [0.1, 0.15) is 11.3 Å². The molecule has 0 spiro atoms. The molecule has 0 saturated carbocycles. The van der Waals surface area contributed by atoms with Crippen molar-refractivity contribution in [1.29, 1.82) is 0 Å². The van der Waals surface area contributed by atoms with Crippen LogP contribution in [-0.2, 0) is 13.0 Å². The van der Waals surface area contributed by atoms with E-state index < -0.39 is 0 Å². The van der Waals surface area contributed by atoms with Gasteiger partial charge in [0.25, 0.3) is 0 Å². The van der Waals surface area contributed by atoms with E-state index >= 15 is 0 Å². The molecule has 2 aromatic heterocycles. The van der Waals surface area contributed by atoms with Gasteiger partial charge in [-0.1, -0.05) is 24.3 Å². The number of hydrogen-bond donors (Lipinski definition) is 2. The van der Waals surface area contributed by atoms with Crippen LogP contribution >= 0.6 is 0 Å². The molecule has 3 rings (SSSR count). The molecular weight excluding hydrogens is 262 g/mol. The maximum Gasteiger partial charge on any atom is 0.213 e. The summed E-state index contributed by atoms with van der Waals surface area (Å²) in [5.41, 5.74) is 3.53. The number of rotatable bonds is 6. The first kappa shape index (κ1) is 13.6. The van der Waals surface area contributed by atoms with E-state index in [1.807, 2.05) is 18.2 Å². The number of nitrogens with zero attached hydrogens (tertiary/aromatic N) is 1. The van der Waals surface area contributed by atoms with Gasteiger partial charge in [0.15, 0.2) is 0 Å². The summed E-state index contributed by atoms with van der Waals surface area (Å²) in [4.78, 5) is 7.69. The van der Waals surface area contributed by atoms with Crippen LogP contribution in [0, 0.1) is 0 Å². The van der Waals surface area contributed by atoms with Crippen molar-refractivity contribution in [3.63, 3.8) is 0 Å². The highest BCUT2D eigenvalue weighted by Gasteiger charge is 2.02. The SMILES string of the molecule is COc1cccc(CNCCc2c[nH]c3ccccc23)n1. The molecule has 2 heterocycles. The fourth-order valence-electron chi connectivity index (χ4n) is 2.45. The predicted octanol–water partition coefficient (Wildman–Crippen LogP) is 2.90. The monoisotopic (exact) mass is 281 g/mol. The Bertz CT molecular complexity index is 721. The lowest BCUT2D eigenvalue weighted by Gasteiger charge is -2.05. The van der Waals surface area contributed by atoms with Gasteiger partial charge in [0.2, 0.25) is 5.88 Å². The molecule has 4 nitrogen and oxygen atoms in total. The van der Waals surface area contributed by atoms with Gasteiger partial charge < -0.3 is 15.0 Å². The standard InChI is InChI=1S/C17H19N3O/c1-21-17-8-4-5-14(20-17)12-18-10-9-13-11-19-16-7-3-2-6-15(13)16/h2-8,11,18-19H,9-10,12H2,1H3. The number of aromatic nitrogens is 2. The predicted molar refractivity (Wildman–Crippen MR) is 84.5 cm³/mol. The van der Waals surface area contributed by atoms with Gasteiger partial charge in [-0.05, 0) is 30.7 Å². The van der Waals surface area contributed by atoms with Crippen LogP contribution in [0.2, 0.25) is 0 Å². The largest absolute Gasteiger partial charge is 0.481 e. The topological polar surface area (TPSA) is 49.9 Å². The van der Waals surface area contributed by atoms with Crippen LogP contribution in [0.25, 0.3) is 10.9 Å². The molecule has 0 atom stereocenters. The minimum Gasteiger partial charge on any atom is -0.481 e. The summed E-state index contributed by atoms with van der Waals surface area (Å²) < 4.78 is 5.13. The van der Waals surface area contributed by atoms with Crippen molar-refractivity contribution in [3.05, 3.63) is 59.9 Å². The fourth-order valence-corrected chi connectivity index (χ4v) is 2.45. The Morgan fingerprint density at radius 3 is 2.95 bits per heavy atom. The van der Waals surface area contributed by atoms with Crippen molar-refractivity contribution in [2.24, 2.45) is 0 Å². The molecule has 0 fully saturated rings. The van der Waals surface area contributed by atoms with E-state index in [4.69, 9.17) is 4.74 Å². The van der Waals surface area contributed by atoms with Crippen molar-refractivity contribution in [1.82, 2.24) is 15.3 Å². The number of H-pyrrole nitrogens is 1. The zero-order valence-corrected chi connectivity index (χ0v) is 12.1. The Hall–Kier alpha value is -2.33. The van der Waals surface area contributed by atoms with Gasteiger partial charge >= 0.3 is 0 Å². The average Bonchev–Trinajstić information content (AvgIpc) is 2.95. The average molecular weight is 281 g/mol. The van der Waals surface area contributed by atoms with Crippen LogP contribution in [0.15, 0.2) is 48.7 Å². The minimum atomic E-state index is 0.658. The number of aromatic amines is 1. The number of methoxy groups -OCH3 is 1. The summed E-state index contributed by atoms with van der Waals surface area (Å²) in [5.74, 6) is 0.658. The second-order valence-electron chi connectivity index (χ2n) is 4.96. The highest BCUT2D eigenvalue weighted by atomic mass is 16.5. The molecule has 108 valence electrons. The molecule has 0 amide bonds. The molecular formula is C17H19N3O. The zero-order valence-electron chi connectivity index (χ0n) is 12.1. The molecule has 1 aromatic carbocycles. The molecule has 0 aliphatic carbocycles. The second kappa shape index (κ2) is 6.41. The van der Waals surface area contributed by atoms with Crippen molar-refractivity contribution in [2.45, 2.75) is 13.0 Å². The number of benzene rings is 1. The number of ether oxygens (including phenoxy) is 1. The highest BCUT2D eigenvalue weighted by Crippen LogP contribution is 2.17. The normalized spacial score (nSPS) is 10.9. The number of nitrogens with one attached hydrogen (secondary N) is 2. The molecule has 2 N–H and O–H groups in total. The molecule has 0 aliphatic heterocycles. The Balaban J connectivity index is 1.54. The first-order valence-corrected chi connectivity index (χ1v) is 7.12. The van der Waals surface area contributed by atoms with Crippen molar-refractivity contribution in [3.8, 4) is 5.88 Å². The number of fused-ring (bicyclic) bond motifs is 1. The van der Waals surface area contributed by atoms with Crippen LogP contribution in [0.3, 0.4) is 0 Å². The van der Waals surface area contributed by atoms with Crippen molar-refractivity contribution in [2.75, 3.05) is 13.7 Å². The summed E-state index contributed by atoms with van der Waals surface area (Å²) >= 11 is 0. The second-order valence-corrected chi connectivity index (χ2v) is 4.96. The van der Waals surface area contributed by atoms with E-state index in [1.54, 1.807) is 7.11 Å². The van der Waals surface area contributed by atoms with Gasteiger partial charge in [-0.2, -0.15) is 0 Å². The third kappa shape index (κ3) is 3.23. The lowest BCUT2D eigenvalue weighted by Crippen LogP contribution is -2.17. The third-order valence-electron chi connectivity index (χ3n) is 3.54. The van der Waals surface area contributed by atoms with Crippen molar-refractivity contribution >= 4 is 10.9 Å². The van der Waals surface area contributed by atoms with E-state index in [-0.39, 0.29) is 0 Å². The summed E-state index contributed by atoms with van der Waals surface area (Å²) in [6.45, 7) is 1.67. The smallest absolute Gasteiger partial charge is 0.213 e. The van der Waals surface area contributed by atoms with Gasteiger partial charge in [-0.25, -0.2) is 4.98 Å². The molecule has 4 heteroatoms. The fraction of sp³-hybridized carbons (Fsp3) is 0.235. The number of hydrogen-bond acceptors (Lipinski definition) is 3. The molecule has 21 heavy (non-hydrogen) atoms. The molecule has 0 aliphatic rings. The van der Waals surface area contributed by atoms with Gasteiger partial charge in [-0.15, -0.1) is 0 Å². The van der Waals surface area contributed by atoms with E-state index in [2.05, 4.69) is 45.7 Å². The van der Waals surface area contributed by atoms with Crippen LogP contribution in [0.5, 0.6) is 5.88 Å². The Morgan fingerprint density at radius 1 is 1.14 bits per heavy atom. The molecule has 0 bridgehead atoms. The highest BCUT2D eigenvalue weighted by molar-refractivity contribution is 5.83. The molecule has 0 unspecified atom stereocenters. The minimum absolute atomic E-state index is 0.658. The lowest BCUT2D eigenvalue weighted by molar-refractivity contribution is 0.395. The van der Waals surface area contributed by atoms with Crippen LogP contribution in [0.4, 0.5) is 0 Å². The van der Waals surface area contributed by atoms with Gasteiger partial charge in [0.05, 0.1) is 12.8 Å². The number of para-hydroxylation sites is 1. The van der Waals surface area contributed by atoms with Gasteiger partial charge in [0.1, 0.15) is 0 Å². The zero-order chi connectivity index (χ0) is 14.5. The van der Waals surface area contributed by atoms with E-state index in [0.29, 0.717) is 5.88 Å². The van der Waals surface area contributed by atoms with Gasteiger partial charge in [-0.3, -0.25) is 0 Å². The molecule has 0 saturated heterocycles. The maximum absolute atomic E-state index is 5.13. The quantitative estimate of drug-likeness (QED) is 0.683. The third-order valence-corrected chi connectivity index (χ3v) is 3.54. The summed E-state index contributed by atoms with van der Waals surface area (Å²) in [5, 5.41) is 4.73. The Kier molecular flexibility index (Phi) is 4.17. The van der Waals surface area contributed by atoms with E-state index in [1.165, 1.54) is 16.5 Å². The summed E-state index contributed by atoms with van der Waals surface area (Å²) in [6, 6.07) is 14.2. The first-order valence-electron chi connectivity index (χ1n) is 7.12. The maximum atomic E-state index is 5.13. The van der Waals surface area contributed by atoms with Crippen molar-refractivity contribution < 1.29 is 4.74 Å². The lowest BCUT2D eigenvalue weighted by atomic mass is 10.1. The molecule has 3 aromatic rings. The summed E-state index contributed by atoms with van der Waals surface area (Å²) in [7, 11) is 1.64. The Morgan fingerprint density at radius 2 is 2.05 bits per heavy atom. The van der Waals surface area contributed by atoms with E-state index in [9.17, 15) is 0 Å². The van der Waals surface area contributed by atoms with E-state index in [0.717, 1.165) is 25.2 Å².